The largest absolute Gasteiger partial charge is 0.469 e. The van der Waals surface area contributed by atoms with Crippen LogP contribution in [0.4, 0.5) is 5.69 Å². The van der Waals surface area contributed by atoms with Gasteiger partial charge in [-0.05, 0) is 30.3 Å². The van der Waals surface area contributed by atoms with E-state index in [2.05, 4.69) is 17.6 Å². The van der Waals surface area contributed by atoms with Crippen molar-refractivity contribution in [1.29, 1.82) is 0 Å². The van der Waals surface area contributed by atoms with Crippen LogP contribution in [0.1, 0.15) is 24.7 Å². The number of rotatable bonds is 7. The third-order valence-electron chi connectivity index (χ3n) is 3.04. The first-order chi connectivity index (χ1) is 9.79. The summed E-state index contributed by atoms with van der Waals surface area (Å²) in [7, 11) is 0. The van der Waals surface area contributed by atoms with Crippen LogP contribution in [0, 0.1) is 0 Å². The Hall–Kier alpha value is -2.07. The van der Waals surface area contributed by atoms with Gasteiger partial charge in [0, 0.05) is 25.1 Å². The molecule has 0 unspecified atom stereocenters. The minimum atomic E-state index is 0.00495. The van der Waals surface area contributed by atoms with Crippen molar-refractivity contribution in [2.75, 3.05) is 11.9 Å². The number of amides is 1. The fraction of sp³-hybridized carbons (Fsp3) is 0.312. The Labute approximate surface area is 119 Å². The number of nitrogens with one attached hydrogen (secondary N) is 2. The Morgan fingerprint density at radius 1 is 1.20 bits per heavy atom. The lowest BCUT2D eigenvalue weighted by molar-refractivity contribution is -0.116. The van der Waals surface area contributed by atoms with Gasteiger partial charge in [0.05, 0.1) is 6.26 Å². The molecule has 0 saturated carbocycles. The van der Waals surface area contributed by atoms with Gasteiger partial charge in [0.25, 0.3) is 0 Å². The topological polar surface area (TPSA) is 54.3 Å². The zero-order chi connectivity index (χ0) is 14.2. The number of para-hydroxylation sites is 1. The van der Waals surface area contributed by atoms with E-state index in [-0.39, 0.29) is 5.91 Å². The van der Waals surface area contributed by atoms with E-state index in [0.29, 0.717) is 12.8 Å². The van der Waals surface area contributed by atoms with E-state index in [4.69, 9.17) is 4.42 Å². The molecule has 0 atom stereocenters. The molecule has 20 heavy (non-hydrogen) atoms. The second-order valence-electron chi connectivity index (χ2n) is 4.57. The molecule has 0 radical (unpaired) electrons. The Morgan fingerprint density at radius 3 is 2.80 bits per heavy atom. The number of aryl methyl sites for hydroxylation is 1. The molecule has 2 rings (SSSR count). The number of hydrogen-bond donors (Lipinski definition) is 2. The van der Waals surface area contributed by atoms with Crippen LogP contribution in [-0.2, 0) is 17.8 Å². The predicted octanol–water partition coefficient (Wildman–Crippen LogP) is 2.96. The van der Waals surface area contributed by atoms with Crippen molar-refractivity contribution in [3.8, 4) is 0 Å². The molecule has 0 aliphatic heterocycles. The third kappa shape index (κ3) is 4.24. The molecule has 1 heterocycles. The van der Waals surface area contributed by atoms with Crippen molar-refractivity contribution in [2.45, 2.75) is 26.3 Å². The van der Waals surface area contributed by atoms with Crippen LogP contribution in [0.25, 0.3) is 0 Å². The van der Waals surface area contributed by atoms with Crippen molar-refractivity contribution < 1.29 is 9.21 Å². The van der Waals surface area contributed by atoms with E-state index >= 15 is 0 Å². The van der Waals surface area contributed by atoms with E-state index in [1.54, 1.807) is 6.26 Å². The molecule has 0 bridgehead atoms. The van der Waals surface area contributed by atoms with Crippen LogP contribution >= 0.6 is 0 Å². The number of hydrogen-bond acceptors (Lipinski definition) is 3. The summed E-state index contributed by atoms with van der Waals surface area (Å²) < 4.78 is 5.22. The molecule has 106 valence electrons. The van der Waals surface area contributed by atoms with Gasteiger partial charge < -0.3 is 15.1 Å². The highest BCUT2D eigenvalue weighted by atomic mass is 16.3. The second kappa shape index (κ2) is 7.50. The summed E-state index contributed by atoms with van der Waals surface area (Å²) >= 11 is 0. The Morgan fingerprint density at radius 2 is 2.05 bits per heavy atom. The van der Waals surface area contributed by atoms with Gasteiger partial charge in [-0.3, -0.25) is 4.79 Å². The SMILES string of the molecule is CCNCc1ccccc1NC(=O)CCc1ccco1. The summed E-state index contributed by atoms with van der Waals surface area (Å²) in [6.07, 6.45) is 2.66. The predicted molar refractivity (Wildman–Crippen MR) is 79.5 cm³/mol. The minimum absolute atomic E-state index is 0.00495. The van der Waals surface area contributed by atoms with Gasteiger partial charge in [0.15, 0.2) is 0 Å². The summed E-state index contributed by atoms with van der Waals surface area (Å²) in [5.41, 5.74) is 1.97. The standard InChI is InChI=1S/C16H20N2O2/c1-2-17-12-13-6-3-4-8-15(13)18-16(19)10-9-14-7-5-11-20-14/h3-8,11,17H,2,9-10,12H2,1H3,(H,18,19). The lowest BCUT2D eigenvalue weighted by Crippen LogP contribution is -2.17. The smallest absolute Gasteiger partial charge is 0.224 e. The molecule has 2 N–H and O–H groups in total. The van der Waals surface area contributed by atoms with E-state index < -0.39 is 0 Å². The van der Waals surface area contributed by atoms with Gasteiger partial charge in [-0.25, -0.2) is 0 Å². The molecule has 0 spiro atoms. The summed E-state index contributed by atoms with van der Waals surface area (Å²) in [4.78, 5) is 12.0. The van der Waals surface area contributed by atoms with Crippen LogP contribution in [0.3, 0.4) is 0 Å². The van der Waals surface area contributed by atoms with Crippen LogP contribution in [0.15, 0.2) is 47.1 Å². The van der Waals surface area contributed by atoms with Crippen LogP contribution < -0.4 is 10.6 Å². The minimum Gasteiger partial charge on any atom is -0.469 e. The molecule has 0 aliphatic carbocycles. The highest BCUT2D eigenvalue weighted by molar-refractivity contribution is 5.91. The van der Waals surface area contributed by atoms with Crippen molar-refractivity contribution in [3.63, 3.8) is 0 Å². The molecule has 4 heteroatoms. The molecular formula is C16H20N2O2. The number of carbonyl (C=O) groups excluding carboxylic acids is 1. The van der Waals surface area contributed by atoms with Crippen molar-refractivity contribution in [2.24, 2.45) is 0 Å². The number of carbonyl (C=O) groups is 1. The summed E-state index contributed by atoms with van der Waals surface area (Å²) in [6.45, 7) is 3.72. The van der Waals surface area contributed by atoms with E-state index in [0.717, 1.165) is 30.1 Å². The molecule has 0 aliphatic rings. The molecule has 1 aromatic carbocycles. The zero-order valence-electron chi connectivity index (χ0n) is 11.7. The average Bonchev–Trinajstić information content (AvgIpc) is 2.97. The van der Waals surface area contributed by atoms with Crippen LogP contribution in [0.2, 0.25) is 0 Å². The van der Waals surface area contributed by atoms with Crippen molar-refractivity contribution >= 4 is 11.6 Å². The van der Waals surface area contributed by atoms with Gasteiger partial charge in [0.1, 0.15) is 5.76 Å². The Kier molecular flexibility index (Phi) is 5.38. The highest BCUT2D eigenvalue weighted by Gasteiger charge is 2.07. The van der Waals surface area contributed by atoms with Crippen LogP contribution in [0.5, 0.6) is 0 Å². The normalized spacial score (nSPS) is 10.4. The molecule has 4 nitrogen and oxygen atoms in total. The van der Waals surface area contributed by atoms with Gasteiger partial charge >= 0.3 is 0 Å². The van der Waals surface area contributed by atoms with Gasteiger partial charge in [-0.1, -0.05) is 25.1 Å². The summed E-state index contributed by atoms with van der Waals surface area (Å²) in [5, 5.41) is 6.23. The Balaban J connectivity index is 1.90. The molecule has 0 fully saturated rings. The maximum absolute atomic E-state index is 12.0. The first-order valence-corrected chi connectivity index (χ1v) is 6.90. The fourth-order valence-corrected chi connectivity index (χ4v) is 1.96. The quantitative estimate of drug-likeness (QED) is 0.814. The van der Waals surface area contributed by atoms with E-state index in [1.165, 1.54) is 0 Å². The first-order valence-electron chi connectivity index (χ1n) is 6.90. The zero-order valence-corrected chi connectivity index (χ0v) is 11.7. The molecule has 1 amide bonds. The van der Waals surface area contributed by atoms with Crippen LogP contribution in [-0.4, -0.2) is 12.5 Å². The van der Waals surface area contributed by atoms with E-state index in [1.807, 2.05) is 36.4 Å². The molecular weight excluding hydrogens is 252 g/mol. The second-order valence-corrected chi connectivity index (χ2v) is 4.57. The molecule has 0 saturated heterocycles. The third-order valence-corrected chi connectivity index (χ3v) is 3.04. The lowest BCUT2D eigenvalue weighted by Gasteiger charge is -2.11. The van der Waals surface area contributed by atoms with Gasteiger partial charge in [-0.2, -0.15) is 0 Å². The van der Waals surface area contributed by atoms with Crippen molar-refractivity contribution in [3.05, 3.63) is 54.0 Å². The maximum atomic E-state index is 12.0. The van der Waals surface area contributed by atoms with Crippen molar-refractivity contribution in [1.82, 2.24) is 5.32 Å². The molecule has 2 aromatic rings. The van der Waals surface area contributed by atoms with Gasteiger partial charge in [0.2, 0.25) is 5.91 Å². The lowest BCUT2D eigenvalue weighted by atomic mass is 10.1. The average molecular weight is 272 g/mol. The Bertz CT molecular complexity index is 535. The molecule has 1 aromatic heterocycles. The fourth-order valence-electron chi connectivity index (χ4n) is 1.96. The number of benzene rings is 1. The highest BCUT2D eigenvalue weighted by Crippen LogP contribution is 2.15. The van der Waals surface area contributed by atoms with E-state index in [9.17, 15) is 4.79 Å². The van der Waals surface area contributed by atoms with Gasteiger partial charge in [-0.15, -0.1) is 0 Å². The first kappa shape index (κ1) is 14.3. The number of furan rings is 1. The number of anilines is 1. The monoisotopic (exact) mass is 272 g/mol. The maximum Gasteiger partial charge on any atom is 0.224 e. The summed E-state index contributed by atoms with van der Waals surface area (Å²) in [5.74, 6) is 0.839. The summed E-state index contributed by atoms with van der Waals surface area (Å²) in [6, 6.07) is 11.6.